The standard InChI is InChI=1S/C13H14N2O3/c16-13(17)10-3-1-2-7-15(10)12-9-5-8-18-11(9)4-6-14-12/h4-6,8,10H,1-3,7H2,(H,16,17). The third-order valence-corrected chi connectivity index (χ3v) is 3.42. The fourth-order valence-corrected chi connectivity index (χ4v) is 2.55. The van der Waals surface area contributed by atoms with Gasteiger partial charge in [-0.15, -0.1) is 0 Å². The van der Waals surface area contributed by atoms with Gasteiger partial charge in [0.25, 0.3) is 0 Å². The zero-order valence-electron chi connectivity index (χ0n) is 9.87. The minimum atomic E-state index is -0.781. The molecule has 94 valence electrons. The number of piperidine rings is 1. The van der Waals surface area contributed by atoms with Crippen LogP contribution in [0.15, 0.2) is 29.0 Å². The van der Waals surface area contributed by atoms with E-state index in [0.717, 1.165) is 30.4 Å². The molecule has 3 rings (SSSR count). The van der Waals surface area contributed by atoms with Crippen LogP contribution in [0.25, 0.3) is 11.0 Å². The topological polar surface area (TPSA) is 66.6 Å². The number of hydrogen-bond acceptors (Lipinski definition) is 4. The van der Waals surface area contributed by atoms with Gasteiger partial charge in [0.05, 0.1) is 11.6 Å². The summed E-state index contributed by atoms with van der Waals surface area (Å²) in [5.41, 5.74) is 0.745. The Morgan fingerprint density at radius 3 is 3.17 bits per heavy atom. The molecular formula is C13H14N2O3. The SMILES string of the molecule is O=C(O)C1CCCCN1c1nccc2occc12. The monoisotopic (exact) mass is 246 g/mol. The molecule has 18 heavy (non-hydrogen) atoms. The number of nitrogens with zero attached hydrogens (tertiary/aromatic N) is 2. The molecule has 2 aromatic rings. The third kappa shape index (κ3) is 1.72. The Morgan fingerprint density at radius 2 is 2.33 bits per heavy atom. The summed E-state index contributed by atoms with van der Waals surface area (Å²) in [5, 5.41) is 10.2. The van der Waals surface area contributed by atoms with Crippen LogP contribution in [0, 0.1) is 0 Å². The first-order valence-corrected chi connectivity index (χ1v) is 6.09. The molecule has 1 fully saturated rings. The van der Waals surface area contributed by atoms with Gasteiger partial charge in [0.1, 0.15) is 17.4 Å². The molecule has 5 heteroatoms. The van der Waals surface area contributed by atoms with Gasteiger partial charge in [-0.3, -0.25) is 0 Å². The smallest absolute Gasteiger partial charge is 0.326 e. The Balaban J connectivity index is 2.06. The van der Waals surface area contributed by atoms with E-state index in [9.17, 15) is 9.90 Å². The Kier molecular flexibility index (Phi) is 2.66. The molecule has 0 aromatic carbocycles. The van der Waals surface area contributed by atoms with Crippen LogP contribution in [0.5, 0.6) is 0 Å². The molecule has 0 radical (unpaired) electrons. The molecule has 0 amide bonds. The van der Waals surface area contributed by atoms with Crippen molar-refractivity contribution in [3.8, 4) is 0 Å². The van der Waals surface area contributed by atoms with Crippen LogP contribution < -0.4 is 4.90 Å². The largest absolute Gasteiger partial charge is 0.480 e. The minimum Gasteiger partial charge on any atom is -0.480 e. The quantitative estimate of drug-likeness (QED) is 0.880. The van der Waals surface area contributed by atoms with Crippen LogP contribution in [-0.4, -0.2) is 28.6 Å². The summed E-state index contributed by atoms with van der Waals surface area (Å²) in [6, 6.07) is 3.15. The Bertz CT molecular complexity index is 578. The van der Waals surface area contributed by atoms with Gasteiger partial charge in [-0.1, -0.05) is 0 Å². The first kappa shape index (κ1) is 11.1. The lowest BCUT2D eigenvalue weighted by atomic mass is 10.0. The first-order chi connectivity index (χ1) is 8.77. The molecule has 0 bridgehead atoms. The summed E-state index contributed by atoms with van der Waals surface area (Å²) in [6.07, 6.45) is 5.89. The number of aromatic nitrogens is 1. The molecule has 0 spiro atoms. The average molecular weight is 246 g/mol. The maximum Gasteiger partial charge on any atom is 0.326 e. The van der Waals surface area contributed by atoms with Gasteiger partial charge in [0, 0.05) is 12.7 Å². The number of fused-ring (bicyclic) bond motifs is 1. The molecule has 1 saturated heterocycles. The van der Waals surface area contributed by atoms with Crippen molar-refractivity contribution in [3.05, 3.63) is 24.6 Å². The average Bonchev–Trinajstić information content (AvgIpc) is 2.86. The van der Waals surface area contributed by atoms with Gasteiger partial charge in [0.15, 0.2) is 0 Å². The number of pyridine rings is 1. The molecule has 1 N–H and O–H groups in total. The number of anilines is 1. The van der Waals surface area contributed by atoms with Crippen LogP contribution in [0.3, 0.4) is 0 Å². The van der Waals surface area contributed by atoms with Crippen LogP contribution in [0.4, 0.5) is 5.82 Å². The highest BCUT2D eigenvalue weighted by Crippen LogP contribution is 2.30. The molecule has 0 aliphatic carbocycles. The van der Waals surface area contributed by atoms with Crippen molar-refractivity contribution in [1.82, 2.24) is 4.98 Å². The number of carbonyl (C=O) groups is 1. The lowest BCUT2D eigenvalue weighted by Crippen LogP contribution is -2.45. The van der Waals surface area contributed by atoms with Gasteiger partial charge >= 0.3 is 5.97 Å². The number of carboxylic acid groups (broad SMARTS) is 1. The van der Waals surface area contributed by atoms with Crippen molar-refractivity contribution in [2.45, 2.75) is 25.3 Å². The lowest BCUT2D eigenvalue weighted by molar-refractivity contribution is -0.139. The third-order valence-electron chi connectivity index (χ3n) is 3.42. The Labute approximate surface area is 104 Å². The summed E-state index contributed by atoms with van der Waals surface area (Å²) >= 11 is 0. The lowest BCUT2D eigenvalue weighted by Gasteiger charge is -2.34. The summed E-state index contributed by atoms with van der Waals surface area (Å²) in [6.45, 7) is 0.730. The number of rotatable bonds is 2. The highest BCUT2D eigenvalue weighted by atomic mass is 16.4. The van der Waals surface area contributed by atoms with E-state index in [4.69, 9.17) is 4.42 Å². The van der Waals surface area contributed by atoms with E-state index in [1.54, 1.807) is 18.5 Å². The molecule has 1 aliphatic rings. The predicted octanol–water partition coefficient (Wildman–Crippen LogP) is 2.27. The molecule has 1 atom stereocenters. The van der Waals surface area contributed by atoms with Crippen molar-refractivity contribution in [1.29, 1.82) is 0 Å². The Hall–Kier alpha value is -2.04. The summed E-state index contributed by atoms with van der Waals surface area (Å²) in [4.78, 5) is 17.5. The molecule has 2 aromatic heterocycles. The number of hydrogen-bond donors (Lipinski definition) is 1. The highest BCUT2D eigenvalue weighted by Gasteiger charge is 2.30. The molecule has 3 heterocycles. The second-order valence-corrected chi connectivity index (χ2v) is 4.51. The molecular weight excluding hydrogens is 232 g/mol. The first-order valence-electron chi connectivity index (χ1n) is 6.09. The Morgan fingerprint density at radius 1 is 1.44 bits per heavy atom. The highest BCUT2D eigenvalue weighted by molar-refractivity contribution is 5.90. The maximum atomic E-state index is 11.3. The van der Waals surface area contributed by atoms with E-state index in [1.807, 2.05) is 11.0 Å². The van der Waals surface area contributed by atoms with E-state index in [0.29, 0.717) is 12.2 Å². The number of furan rings is 1. The van der Waals surface area contributed by atoms with Crippen molar-refractivity contribution in [3.63, 3.8) is 0 Å². The fraction of sp³-hybridized carbons (Fsp3) is 0.385. The van der Waals surface area contributed by atoms with Crippen LogP contribution >= 0.6 is 0 Å². The van der Waals surface area contributed by atoms with Crippen molar-refractivity contribution in [2.75, 3.05) is 11.4 Å². The minimum absolute atomic E-state index is 0.480. The van der Waals surface area contributed by atoms with Crippen LogP contribution in [0.1, 0.15) is 19.3 Å². The molecule has 0 saturated carbocycles. The molecule has 1 unspecified atom stereocenters. The van der Waals surface area contributed by atoms with Gasteiger partial charge in [-0.25, -0.2) is 9.78 Å². The molecule has 1 aliphatic heterocycles. The second-order valence-electron chi connectivity index (χ2n) is 4.51. The van der Waals surface area contributed by atoms with E-state index >= 15 is 0 Å². The van der Waals surface area contributed by atoms with Gasteiger partial charge in [-0.2, -0.15) is 0 Å². The summed E-state index contributed by atoms with van der Waals surface area (Å²) < 4.78 is 5.33. The normalized spacial score (nSPS) is 20.2. The zero-order chi connectivity index (χ0) is 12.5. The van der Waals surface area contributed by atoms with Crippen molar-refractivity contribution >= 4 is 22.8 Å². The predicted molar refractivity (Wildman–Crippen MR) is 66.6 cm³/mol. The van der Waals surface area contributed by atoms with E-state index < -0.39 is 12.0 Å². The summed E-state index contributed by atoms with van der Waals surface area (Å²) in [7, 11) is 0. The van der Waals surface area contributed by atoms with E-state index in [-0.39, 0.29) is 0 Å². The van der Waals surface area contributed by atoms with Gasteiger partial charge < -0.3 is 14.4 Å². The molecule has 5 nitrogen and oxygen atoms in total. The zero-order valence-corrected chi connectivity index (χ0v) is 9.87. The number of aliphatic carboxylic acids is 1. The van der Waals surface area contributed by atoms with Gasteiger partial charge in [-0.05, 0) is 31.4 Å². The van der Waals surface area contributed by atoms with E-state index in [2.05, 4.69) is 4.98 Å². The van der Waals surface area contributed by atoms with Crippen molar-refractivity contribution < 1.29 is 14.3 Å². The van der Waals surface area contributed by atoms with Crippen molar-refractivity contribution in [2.24, 2.45) is 0 Å². The maximum absolute atomic E-state index is 11.3. The second kappa shape index (κ2) is 4.33. The van der Waals surface area contributed by atoms with Crippen LogP contribution in [-0.2, 0) is 4.79 Å². The fourth-order valence-electron chi connectivity index (χ4n) is 2.55. The van der Waals surface area contributed by atoms with E-state index in [1.165, 1.54) is 0 Å². The number of carboxylic acids is 1. The summed E-state index contributed by atoms with van der Waals surface area (Å²) in [5.74, 6) is -0.0645. The van der Waals surface area contributed by atoms with Gasteiger partial charge in [0.2, 0.25) is 0 Å². The van der Waals surface area contributed by atoms with Crippen LogP contribution in [0.2, 0.25) is 0 Å².